The lowest BCUT2D eigenvalue weighted by molar-refractivity contribution is -0.117. The van der Waals surface area contributed by atoms with Gasteiger partial charge in [-0.05, 0) is 23.8 Å². The number of nitrogens with one attached hydrogen (secondary N) is 1. The number of rotatable bonds is 4. The van der Waals surface area contributed by atoms with Gasteiger partial charge in [0.1, 0.15) is 11.9 Å². The number of hydrogen-bond donors (Lipinski definition) is 1. The highest BCUT2D eigenvalue weighted by molar-refractivity contribution is 5.87. The standard InChI is InChI=1S/C14H13F2N3O/c1-3-12(20)18-13(14-17-6-7-19(14)2)9-4-5-10(15)11(16)8-9/h3-8,13H,1H2,2H3,(H,18,20). The van der Waals surface area contributed by atoms with Crippen molar-refractivity contribution in [3.05, 3.63) is 66.3 Å². The molecule has 6 heteroatoms. The van der Waals surface area contributed by atoms with E-state index in [1.165, 1.54) is 6.07 Å². The van der Waals surface area contributed by atoms with Crippen LogP contribution in [0.3, 0.4) is 0 Å². The summed E-state index contributed by atoms with van der Waals surface area (Å²) in [6.07, 6.45) is 4.36. The third-order valence-corrected chi connectivity index (χ3v) is 2.87. The molecule has 0 fully saturated rings. The van der Waals surface area contributed by atoms with Crippen LogP contribution in [0.2, 0.25) is 0 Å². The average molecular weight is 277 g/mol. The van der Waals surface area contributed by atoms with Crippen molar-refractivity contribution < 1.29 is 13.6 Å². The molecule has 1 N–H and O–H groups in total. The van der Waals surface area contributed by atoms with Crippen molar-refractivity contribution in [2.24, 2.45) is 7.05 Å². The van der Waals surface area contributed by atoms with Crippen LogP contribution in [0.15, 0.2) is 43.2 Å². The molecule has 20 heavy (non-hydrogen) atoms. The molecule has 0 radical (unpaired) electrons. The summed E-state index contributed by atoms with van der Waals surface area (Å²) in [6, 6.07) is 2.77. The molecule has 2 rings (SSSR count). The van der Waals surface area contributed by atoms with Gasteiger partial charge in [-0.25, -0.2) is 13.8 Å². The molecule has 0 spiro atoms. The molecule has 0 bridgehead atoms. The Hall–Kier alpha value is -2.50. The lowest BCUT2D eigenvalue weighted by Gasteiger charge is -2.18. The van der Waals surface area contributed by atoms with E-state index < -0.39 is 23.6 Å². The quantitative estimate of drug-likeness (QED) is 0.870. The first-order valence-corrected chi connectivity index (χ1v) is 5.88. The predicted octanol–water partition coefficient (Wildman–Crippen LogP) is 2.09. The lowest BCUT2D eigenvalue weighted by atomic mass is 10.1. The number of hydrogen-bond acceptors (Lipinski definition) is 2. The van der Waals surface area contributed by atoms with Gasteiger partial charge in [0.15, 0.2) is 11.6 Å². The fraction of sp³-hybridized carbons (Fsp3) is 0.143. The average Bonchev–Trinajstić information content (AvgIpc) is 2.85. The van der Waals surface area contributed by atoms with Crippen LogP contribution in [-0.4, -0.2) is 15.5 Å². The van der Waals surface area contributed by atoms with Crippen molar-refractivity contribution >= 4 is 5.91 Å². The summed E-state index contributed by atoms with van der Waals surface area (Å²) in [6.45, 7) is 3.37. The first kappa shape index (κ1) is 13.9. The zero-order valence-electron chi connectivity index (χ0n) is 10.8. The molecule has 0 aliphatic rings. The molecule has 4 nitrogen and oxygen atoms in total. The van der Waals surface area contributed by atoms with Gasteiger partial charge in [0.25, 0.3) is 0 Å². The van der Waals surface area contributed by atoms with Gasteiger partial charge in [-0.1, -0.05) is 12.6 Å². The Balaban J connectivity index is 2.45. The van der Waals surface area contributed by atoms with E-state index in [1.807, 2.05) is 0 Å². The molecule has 0 aliphatic carbocycles. The van der Waals surface area contributed by atoms with Gasteiger partial charge in [-0.2, -0.15) is 0 Å². The van der Waals surface area contributed by atoms with Crippen LogP contribution in [-0.2, 0) is 11.8 Å². The molecule has 0 saturated heterocycles. The molecule has 2 aromatic rings. The zero-order valence-corrected chi connectivity index (χ0v) is 10.8. The summed E-state index contributed by atoms with van der Waals surface area (Å²) in [5.74, 6) is -1.84. The Bertz CT molecular complexity index is 652. The van der Waals surface area contributed by atoms with Gasteiger partial charge < -0.3 is 9.88 Å². The number of aryl methyl sites for hydroxylation is 1. The minimum absolute atomic E-state index is 0.397. The van der Waals surface area contributed by atoms with Crippen LogP contribution in [0.25, 0.3) is 0 Å². The van der Waals surface area contributed by atoms with Gasteiger partial charge in [0.2, 0.25) is 5.91 Å². The minimum atomic E-state index is -0.977. The number of carbonyl (C=O) groups is 1. The smallest absolute Gasteiger partial charge is 0.244 e. The first-order chi connectivity index (χ1) is 9.52. The first-order valence-electron chi connectivity index (χ1n) is 5.88. The Morgan fingerprint density at radius 1 is 1.45 bits per heavy atom. The summed E-state index contributed by atoms with van der Waals surface area (Å²) < 4.78 is 28.1. The molecule has 0 saturated carbocycles. The van der Waals surface area contributed by atoms with E-state index in [0.29, 0.717) is 11.4 Å². The monoisotopic (exact) mass is 277 g/mol. The molecule has 0 aliphatic heterocycles. The fourth-order valence-electron chi connectivity index (χ4n) is 1.85. The van der Waals surface area contributed by atoms with E-state index in [0.717, 1.165) is 18.2 Å². The Kier molecular flexibility index (Phi) is 3.93. The van der Waals surface area contributed by atoms with Crippen molar-refractivity contribution in [2.75, 3.05) is 0 Å². The van der Waals surface area contributed by atoms with Crippen LogP contribution in [0, 0.1) is 11.6 Å². The predicted molar refractivity (Wildman–Crippen MR) is 69.7 cm³/mol. The summed E-state index contributed by atoms with van der Waals surface area (Å²) in [5, 5.41) is 2.64. The summed E-state index contributed by atoms with van der Waals surface area (Å²) >= 11 is 0. The third-order valence-electron chi connectivity index (χ3n) is 2.87. The maximum Gasteiger partial charge on any atom is 0.244 e. The van der Waals surface area contributed by atoms with E-state index in [9.17, 15) is 13.6 Å². The van der Waals surface area contributed by atoms with E-state index in [2.05, 4.69) is 16.9 Å². The molecule has 1 unspecified atom stereocenters. The Labute approximate surface area is 114 Å². The summed E-state index contributed by atoms with van der Waals surface area (Å²) in [7, 11) is 1.75. The highest BCUT2D eigenvalue weighted by atomic mass is 19.2. The second-order valence-corrected chi connectivity index (χ2v) is 4.22. The normalized spacial score (nSPS) is 11.9. The minimum Gasteiger partial charge on any atom is -0.339 e. The maximum atomic E-state index is 13.4. The Morgan fingerprint density at radius 3 is 2.75 bits per heavy atom. The molecule has 1 atom stereocenters. The number of nitrogens with zero attached hydrogens (tertiary/aromatic N) is 2. The van der Waals surface area contributed by atoms with Crippen LogP contribution in [0.4, 0.5) is 8.78 Å². The van der Waals surface area contributed by atoms with E-state index in [1.54, 1.807) is 24.0 Å². The molecule has 1 aromatic heterocycles. The fourth-order valence-corrected chi connectivity index (χ4v) is 1.85. The second kappa shape index (κ2) is 5.64. The van der Waals surface area contributed by atoms with Gasteiger partial charge in [0, 0.05) is 19.4 Å². The number of amides is 1. The third kappa shape index (κ3) is 2.74. The zero-order chi connectivity index (χ0) is 14.7. The van der Waals surface area contributed by atoms with Gasteiger partial charge in [0.05, 0.1) is 0 Å². The number of benzene rings is 1. The number of aromatic nitrogens is 2. The topological polar surface area (TPSA) is 46.9 Å². The van der Waals surface area contributed by atoms with Gasteiger partial charge in [-0.3, -0.25) is 4.79 Å². The van der Waals surface area contributed by atoms with E-state index in [-0.39, 0.29) is 0 Å². The van der Waals surface area contributed by atoms with Crippen molar-refractivity contribution in [1.82, 2.24) is 14.9 Å². The maximum absolute atomic E-state index is 13.4. The van der Waals surface area contributed by atoms with Crippen LogP contribution < -0.4 is 5.32 Å². The molecule has 1 heterocycles. The van der Waals surface area contributed by atoms with E-state index >= 15 is 0 Å². The molecular formula is C14H13F2N3O. The summed E-state index contributed by atoms with van der Waals surface area (Å²) in [4.78, 5) is 15.6. The number of carbonyl (C=O) groups excluding carboxylic acids is 1. The number of imidazole rings is 1. The van der Waals surface area contributed by atoms with Crippen molar-refractivity contribution in [3.8, 4) is 0 Å². The SMILES string of the molecule is C=CC(=O)NC(c1ccc(F)c(F)c1)c1nccn1C. The van der Waals surface area contributed by atoms with Crippen LogP contribution in [0.1, 0.15) is 17.4 Å². The molecule has 1 aromatic carbocycles. The molecular weight excluding hydrogens is 264 g/mol. The van der Waals surface area contributed by atoms with Crippen molar-refractivity contribution in [3.63, 3.8) is 0 Å². The highest BCUT2D eigenvalue weighted by Gasteiger charge is 2.21. The molecule has 104 valence electrons. The van der Waals surface area contributed by atoms with E-state index in [4.69, 9.17) is 0 Å². The van der Waals surface area contributed by atoms with Gasteiger partial charge in [-0.15, -0.1) is 0 Å². The van der Waals surface area contributed by atoms with Crippen molar-refractivity contribution in [2.45, 2.75) is 6.04 Å². The highest BCUT2D eigenvalue weighted by Crippen LogP contribution is 2.22. The second-order valence-electron chi connectivity index (χ2n) is 4.22. The van der Waals surface area contributed by atoms with Gasteiger partial charge >= 0.3 is 0 Å². The van der Waals surface area contributed by atoms with Crippen LogP contribution in [0.5, 0.6) is 0 Å². The summed E-state index contributed by atoms with van der Waals surface area (Å²) in [5.41, 5.74) is 0.397. The lowest BCUT2D eigenvalue weighted by Crippen LogP contribution is -2.29. The van der Waals surface area contributed by atoms with Crippen LogP contribution >= 0.6 is 0 Å². The van der Waals surface area contributed by atoms with Crippen molar-refractivity contribution in [1.29, 1.82) is 0 Å². The largest absolute Gasteiger partial charge is 0.339 e. The Morgan fingerprint density at radius 2 is 2.20 bits per heavy atom. The number of halogens is 2. The molecule has 1 amide bonds.